The minimum atomic E-state index is -3.64. The first-order valence-corrected chi connectivity index (χ1v) is 12.3. The maximum atomic E-state index is 13.1. The van der Waals surface area contributed by atoms with E-state index in [1.807, 2.05) is 45.0 Å². The van der Waals surface area contributed by atoms with E-state index >= 15 is 0 Å². The van der Waals surface area contributed by atoms with Gasteiger partial charge in [-0.25, -0.2) is 8.42 Å². The fourth-order valence-corrected chi connectivity index (χ4v) is 4.93. The standard InChI is InChI=1S/C23H28N4O5S/c1-16(2)31-21-8-7-19(33(28,29)27-9-11-30-12-10-27)14-20(21)24-15-22-25-23(26-32-22)18-6-4-5-17(3)13-18/h4-8,13-14,16,24H,9-12,15H2,1-3H3. The van der Waals surface area contributed by atoms with Gasteiger partial charge in [0.05, 0.1) is 36.4 Å². The first kappa shape index (κ1) is 23.2. The maximum Gasteiger partial charge on any atom is 0.246 e. The third-order valence-electron chi connectivity index (χ3n) is 5.10. The number of aryl methyl sites for hydroxylation is 1. The van der Waals surface area contributed by atoms with E-state index in [4.69, 9.17) is 14.0 Å². The quantitative estimate of drug-likeness (QED) is 0.531. The Morgan fingerprint density at radius 1 is 1.15 bits per heavy atom. The number of aromatic nitrogens is 2. The minimum absolute atomic E-state index is 0.0800. The number of nitrogens with one attached hydrogen (secondary N) is 1. The number of anilines is 1. The molecule has 0 amide bonds. The molecule has 1 aliphatic rings. The molecule has 3 aromatic rings. The highest BCUT2D eigenvalue weighted by Gasteiger charge is 2.27. The molecule has 0 spiro atoms. The van der Waals surface area contributed by atoms with Crippen molar-refractivity contribution in [3.05, 3.63) is 53.9 Å². The zero-order valence-corrected chi connectivity index (χ0v) is 19.8. The second kappa shape index (κ2) is 9.90. The molecule has 9 nitrogen and oxygen atoms in total. The molecule has 1 saturated heterocycles. The summed E-state index contributed by atoms with van der Waals surface area (Å²) in [5.41, 5.74) is 2.51. The topological polar surface area (TPSA) is 107 Å². The summed E-state index contributed by atoms with van der Waals surface area (Å²) >= 11 is 0. The van der Waals surface area contributed by atoms with Crippen molar-refractivity contribution in [3.63, 3.8) is 0 Å². The number of rotatable bonds is 8. The summed E-state index contributed by atoms with van der Waals surface area (Å²) in [7, 11) is -3.64. The van der Waals surface area contributed by atoms with Crippen LogP contribution in [-0.4, -0.2) is 55.3 Å². The summed E-state index contributed by atoms with van der Waals surface area (Å²) in [6, 6.07) is 12.7. The summed E-state index contributed by atoms with van der Waals surface area (Å²) in [6.07, 6.45) is -0.0800. The van der Waals surface area contributed by atoms with Gasteiger partial charge in [0.25, 0.3) is 0 Å². The van der Waals surface area contributed by atoms with Crippen molar-refractivity contribution in [2.24, 2.45) is 0 Å². The van der Waals surface area contributed by atoms with Gasteiger partial charge >= 0.3 is 0 Å². The van der Waals surface area contributed by atoms with Crippen LogP contribution in [0, 0.1) is 6.92 Å². The first-order valence-electron chi connectivity index (χ1n) is 10.8. The lowest BCUT2D eigenvalue weighted by molar-refractivity contribution is 0.0730. The number of ether oxygens (including phenoxy) is 2. The van der Waals surface area contributed by atoms with Crippen LogP contribution in [0.25, 0.3) is 11.4 Å². The molecular weight excluding hydrogens is 444 g/mol. The molecule has 0 radical (unpaired) electrons. The molecule has 10 heteroatoms. The zero-order valence-electron chi connectivity index (χ0n) is 18.9. The molecule has 0 atom stereocenters. The third kappa shape index (κ3) is 5.52. The highest BCUT2D eigenvalue weighted by Crippen LogP contribution is 2.31. The van der Waals surface area contributed by atoms with Crippen LogP contribution >= 0.6 is 0 Å². The summed E-state index contributed by atoms with van der Waals surface area (Å²) in [5.74, 6) is 1.42. The van der Waals surface area contributed by atoms with Gasteiger partial charge in [-0.3, -0.25) is 0 Å². The molecular formula is C23H28N4O5S. The number of benzene rings is 2. The Labute approximate surface area is 193 Å². The lowest BCUT2D eigenvalue weighted by Crippen LogP contribution is -2.40. The fourth-order valence-electron chi connectivity index (χ4n) is 3.50. The summed E-state index contributed by atoms with van der Waals surface area (Å²) < 4.78 is 44.2. The SMILES string of the molecule is Cc1cccc(-c2noc(CNc3cc(S(=O)(=O)N4CCOCC4)ccc3OC(C)C)n2)c1. The van der Waals surface area contributed by atoms with Crippen molar-refractivity contribution < 1.29 is 22.4 Å². The molecule has 4 rings (SSSR count). The Morgan fingerprint density at radius 2 is 1.94 bits per heavy atom. The molecule has 176 valence electrons. The number of sulfonamides is 1. The Morgan fingerprint density at radius 3 is 2.67 bits per heavy atom. The highest BCUT2D eigenvalue weighted by atomic mass is 32.2. The fraction of sp³-hybridized carbons (Fsp3) is 0.391. The van der Waals surface area contributed by atoms with Gasteiger partial charge in [-0.1, -0.05) is 28.9 Å². The number of nitrogens with zero attached hydrogens (tertiary/aromatic N) is 3. The third-order valence-corrected chi connectivity index (χ3v) is 6.99. The second-order valence-electron chi connectivity index (χ2n) is 8.08. The summed E-state index contributed by atoms with van der Waals surface area (Å²) in [6.45, 7) is 7.48. The van der Waals surface area contributed by atoms with Gasteiger partial charge in [0.2, 0.25) is 21.7 Å². The van der Waals surface area contributed by atoms with E-state index in [2.05, 4.69) is 15.5 Å². The van der Waals surface area contributed by atoms with Crippen LogP contribution in [0.4, 0.5) is 5.69 Å². The van der Waals surface area contributed by atoms with Crippen molar-refractivity contribution in [2.45, 2.75) is 38.3 Å². The van der Waals surface area contributed by atoms with E-state index in [0.717, 1.165) is 11.1 Å². The Bertz CT molecular complexity index is 1200. The molecule has 1 N–H and O–H groups in total. The number of morpholine rings is 1. The van der Waals surface area contributed by atoms with Crippen molar-refractivity contribution in [2.75, 3.05) is 31.6 Å². The van der Waals surface area contributed by atoms with Crippen LogP contribution in [0.2, 0.25) is 0 Å². The second-order valence-corrected chi connectivity index (χ2v) is 10.0. The van der Waals surface area contributed by atoms with Crippen LogP contribution in [0.1, 0.15) is 25.3 Å². The molecule has 0 bridgehead atoms. The molecule has 2 heterocycles. The van der Waals surface area contributed by atoms with Gasteiger partial charge in [0, 0.05) is 18.7 Å². The van der Waals surface area contributed by atoms with Gasteiger partial charge < -0.3 is 19.3 Å². The van der Waals surface area contributed by atoms with E-state index in [0.29, 0.717) is 49.5 Å². The van der Waals surface area contributed by atoms with Crippen LogP contribution in [0.3, 0.4) is 0 Å². The molecule has 1 aliphatic heterocycles. The van der Waals surface area contributed by atoms with Crippen molar-refractivity contribution in [3.8, 4) is 17.1 Å². The lowest BCUT2D eigenvalue weighted by Gasteiger charge is -2.26. The van der Waals surface area contributed by atoms with Gasteiger partial charge in [-0.15, -0.1) is 0 Å². The summed E-state index contributed by atoms with van der Waals surface area (Å²) in [4.78, 5) is 4.64. The van der Waals surface area contributed by atoms with E-state index in [-0.39, 0.29) is 17.5 Å². The minimum Gasteiger partial charge on any atom is -0.489 e. The molecule has 0 unspecified atom stereocenters. The predicted octanol–water partition coefficient (Wildman–Crippen LogP) is 3.47. The Balaban J connectivity index is 1.56. The largest absolute Gasteiger partial charge is 0.489 e. The van der Waals surface area contributed by atoms with Gasteiger partial charge in [-0.05, 0) is 45.0 Å². The van der Waals surface area contributed by atoms with Crippen LogP contribution in [0.15, 0.2) is 51.9 Å². The average Bonchev–Trinajstić information content (AvgIpc) is 3.28. The van der Waals surface area contributed by atoms with E-state index in [1.54, 1.807) is 18.2 Å². The molecule has 1 aromatic heterocycles. The van der Waals surface area contributed by atoms with Gasteiger partial charge in [0.15, 0.2) is 0 Å². The molecule has 1 fully saturated rings. The Hall–Kier alpha value is -2.95. The van der Waals surface area contributed by atoms with E-state index < -0.39 is 10.0 Å². The van der Waals surface area contributed by atoms with Crippen molar-refractivity contribution >= 4 is 15.7 Å². The van der Waals surface area contributed by atoms with E-state index in [1.165, 1.54) is 4.31 Å². The highest BCUT2D eigenvalue weighted by molar-refractivity contribution is 7.89. The molecule has 33 heavy (non-hydrogen) atoms. The number of hydrogen-bond acceptors (Lipinski definition) is 8. The van der Waals surface area contributed by atoms with Crippen LogP contribution < -0.4 is 10.1 Å². The van der Waals surface area contributed by atoms with Crippen molar-refractivity contribution in [1.29, 1.82) is 0 Å². The van der Waals surface area contributed by atoms with E-state index in [9.17, 15) is 8.42 Å². The maximum absolute atomic E-state index is 13.1. The number of hydrogen-bond donors (Lipinski definition) is 1. The first-order chi connectivity index (χ1) is 15.8. The Kier molecular flexibility index (Phi) is 6.96. The monoisotopic (exact) mass is 472 g/mol. The average molecular weight is 473 g/mol. The van der Waals surface area contributed by atoms with Crippen LogP contribution in [0.5, 0.6) is 5.75 Å². The normalized spacial score (nSPS) is 15.0. The van der Waals surface area contributed by atoms with Gasteiger partial charge in [-0.2, -0.15) is 9.29 Å². The van der Waals surface area contributed by atoms with Gasteiger partial charge in [0.1, 0.15) is 5.75 Å². The lowest BCUT2D eigenvalue weighted by atomic mass is 10.1. The molecule has 0 aliphatic carbocycles. The van der Waals surface area contributed by atoms with Crippen LogP contribution in [-0.2, 0) is 21.3 Å². The van der Waals surface area contributed by atoms with Crippen molar-refractivity contribution in [1.82, 2.24) is 14.4 Å². The smallest absolute Gasteiger partial charge is 0.246 e. The predicted molar refractivity (Wildman–Crippen MR) is 124 cm³/mol. The molecule has 0 saturated carbocycles. The molecule has 2 aromatic carbocycles. The summed E-state index contributed by atoms with van der Waals surface area (Å²) in [5, 5.41) is 7.25. The zero-order chi connectivity index (χ0) is 23.4.